The van der Waals surface area contributed by atoms with E-state index >= 15 is 0 Å². The lowest BCUT2D eigenvalue weighted by molar-refractivity contribution is 0.385. The lowest BCUT2D eigenvalue weighted by Gasteiger charge is -2.11. The van der Waals surface area contributed by atoms with E-state index < -0.39 is 6.04 Å². The van der Waals surface area contributed by atoms with Crippen LogP contribution in [0.5, 0.6) is 0 Å². The van der Waals surface area contributed by atoms with Crippen molar-refractivity contribution in [3.63, 3.8) is 0 Å². The fourth-order valence-electron chi connectivity index (χ4n) is 2.50. The molecule has 0 aliphatic heterocycles. The molecule has 0 aliphatic carbocycles. The van der Waals surface area contributed by atoms with E-state index in [1.807, 2.05) is 68.7 Å². The first-order valence-electron chi connectivity index (χ1n) is 7.63. The van der Waals surface area contributed by atoms with Crippen molar-refractivity contribution in [3.8, 4) is 0 Å². The molecule has 0 aliphatic rings. The topological polar surface area (TPSA) is 71.6 Å². The third-order valence-electron chi connectivity index (χ3n) is 3.70. The summed E-state index contributed by atoms with van der Waals surface area (Å²) in [6.07, 6.45) is 0.509. The highest BCUT2D eigenvalue weighted by atomic mass is 16.5. The summed E-state index contributed by atoms with van der Waals surface area (Å²) >= 11 is 0. The Morgan fingerprint density at radius 2 is 1.83 bits per heavy atom. The predicted octanol–water partition coefficient (Wildman–Crippen LogP) is 3.58. The molecule has 1 aromatic heterocycles. The second-order valence-electron chi connectivity index (χ2n) is 5.72. The average molecular weight is 322 g/mol. The molecule has 122 valence electrons. The Hall–Kier alpha value is -3.02. The van der Waals surface area contributed by atoms with Gasteiger partial charge in [-0.25, -0.2) is 0 Å². The van der Waals surface area contributed by atoms with Gasteiger partial charge in [-0.3, -0.25) is 0 Å². The molecule has 2 aromatic carbocycles. The fraction of sp³-hybridized carbons (Fsp3) is 0.222. The van der Waals surface area contributed by atoms with Crippen molar-refractivity contribution in [1.29, 1.82) is 0 Å². The molecular formula is C18H18N4O2. The number of benzene rings is 2. The number of hydrogen-bond donors (Lipinski definition) is 0. The quantitative estimate of drug-likeness (QED) is 0.649. The molecule has 1 heterocycles. The van der Waals surface area contributed by atoms with E-state index in [0.717, 1.165) is 16.7 Å². The molecule has 1 unspecified atom stereocenters. The zero-order valence-electron chi connectivity index (χ0n) is 13.6. The van der Waals surface area contributed by atoms with Gasteiger partial charge in [0, 0.05) is 14.1 Å². The van der Waals surface area contributed by atoms with E-state index in [9.17, 15) is 4.91 Å². The summed E-state index contributed by atoms with van der Waals surface area (Å²) in [4.78, 5) is 17.5. The van der Waals surface area contributed by atoms with Crippen LogP contribution in [0.1, 0.15) is 28.6 Å². The highest BCUT2D eigenvalue weighted by Gasteiger charge is 2.15. The predicted molar refractivity (Wildman–Crippen MR) is 92.0 cm³/mol. The van der Waals surface area contributed by atoms with Crippen LogP contribution in [0.15, 0.2) is 64.3 Å². The molecular weight excluding hydrogens is 304 g/mol. The van der Waals surface area contributed by atoms with E-state index in [1.165, 1.54) is 0 Å². The van der Waals surface area contributed by atoms with Crippen molar-refractivity contribution in [1.82, 2.24) is 10.1 Å². The standard InChI is InChI=1S/C18H18N4O2/c1-22(2)18-19-16(24-21-18)12-13-7-6-10-15(11-13)17(20-23)14-8-4-3-5-9-14/h3-11,17H,12H2,1-2H3. The van der Waals surface area contributed by atoms with Gasteiger partial charge in [0.2, 0.25) is 5.89 Å². The summed E-state index contributed by atoms with van der Waals surface area (Å²) in [5.41, 5.74) is 2.71. The summed E-state index contributed by atoms with van der Waals surface area (Å²) in [7, 11) is 3.71. The Balaban J connectivity index is 1.84. The molecule has 24 heavy (non-hydrogen) atoms. The maximum Gasteiger partial charge on any atom is 0.265 e. The number of nitrogens with zero attached hydrogens (tertiary/aromatic N) is 4. The molecule has 6 nitrogen and oxygen atoms in total. The lowest BCUT2D eigenvalue weighted by Crippen LogP contribution is -2.10. The van der Waals surface area contributed by atoms with Crippen LogP contribution < -0.4 is 4.90 Å². The van der Waals surface area contributed by atoms with Crippen LogP contribution in [-0.4, -0.2) is 24.2 Å². The van der Waals surface area contributed by atoms with Gasteiger partial charge in [-0.2, -0.15) is 4.98 Å². The fourth-order valence-corrected chi connectivity index (χ4v) is 2.50. The van der Waals surface area contributed by atoms with Crippen LogP contribution in [0.2, 0.25) is 0 Å². The van der Waals surface area contributed by atoms with Gasteiger partial charge in [-0.15, -0.1) is 4.91 Å². The Labute approximate surface area is 140 Å². The van der Waals surface area contributed by atoms with Crippen molar-refractivity contribution >= 4 is 5.95 Å². The monoisotopic (exact) mass is 322 g/mol. The van der Waals surface area contributed by atoms with Gasteiger partial charge in [-0.1, -0.05) is 59.8 Å². The SMILES string of the molecule is CN(C)c1noc(Cc2cccc(C(N=O)c3ccccc3)c2)n1. The second kappa shape index (κ2) is 7.04. The number of nitroso groups, excluding NO2 is 1. The Morgan fingerprint density at radius 1 is 1.08 bits per heavy atom. The minimum atomic E-state index is -0.522. The van der Waals surface area contributed by atoms with Gasteiger partial charge < -0.3 is 9.42 Å². The summed E-state index contributed by atoms with van der Waals surface area (Å²) in [6.45, 7) is 0. The van der Waals surface area contributed by atoms with Gasteiger partial charge in [0.05, 0.1) is 6.42 Å². The van der Waals surface area contributed by atoms with Crippen LogP contribution in [-0.2, 0) is 6.42 Å². The van der Waals surface area contributed by atoms with Gasteiger partial charge in [0.15, 0.2) is 0 Å². The van der Waals surface area contributed by atoms with Crippen LogP contribution in [0, 0.1) is 4.91 Å². The minimum absolute atomic E-state index is 0.509. The van der Waals surface area contributed by atoms with E-state index in [2.05, 4.69) is 15.3 Å². The minimum Gasteiger partial charge on any atom is -0.344 e. The number of hydrogen-bond acceptors (Lipinski definition) is 6. The molecule has 0 bridgehead atoms. The molecule has 0 saturated carbocycles. The first kappa shape index (κ1) is 15.9. The van der Waals surface area contributed by atoms with Crippen LogP contribution in [0.3, 0.4) is 0 Å². The van der Waals surface area contributed by atoms with Crippen molar-refractivity contribution in [2.45, 2.75) is 12.5 Å². The first-order valence-corrected chi connectivity index (χ1v) is 7.63. The number of rotatable bonds is 6. The summed E-state index contributed by atoms with van der Waals surface area (Å²) < 4.78 is 5.25. The molecule has 3 rings (SSSR count). The van der Waals surface area contributed by atoms with E-state index in [1.54, 1.807) is 4.90 Å². The van der Waals surface area contributed by atoms with Crippen LogP contribution in [0.4, 0.5) is 5.95 Å². The molecule has 0 saturated heterocycles. The Kier molecular flexibility index (Phi) is 4.65. The Bertz CT molecular complexity index is 815. The number of anilines is 1. The summed E-state index contributed by atoms with van der Waals surface area (Å²) in [6, 6.07) is 16.7. The van der Waals surface area contributed by atoms with E-state index in [4.69, 9.17) is 4.52 Å². The molecule has 0 fully saturated rings. The lowest BCUT2D eigenvalue weighted by atomic mass is 9.97. The van der Waals surface area contributed by atoms with Crippen LogP contribution in [0.25, 0.3) is 0 Å². The van der Waals surface area contributed by atoms with Gasteiger partial charge >= 0.3 is 0 Å². The van der Waals surface area contributed by atoms with Gasteiger partial charge in [0.1, 0.15) is 6.04 Å². The van der Waals surface area contributed by atoms with E-state index in [0.29, 0.717) is 18.3 Å². The maximum atomic E-state index is 11.4. The van der Waals surface area contributed by atoms with Gasteiger partial charge in [0.25, 0.3) is 5.95 Å². The average Bonchev–Trinajstić information content (AvgIpc) is 3.06. The van der Waals surface area contributed by atoms with Crippen molar-refractivity contribution in [2.24, 2.45) is 5.18 Å². The molecule has 0 spiro atoms. The third kappa shape index (κ3) is 3.48. The van der Waals surface area contributed by atoms with Crippen molar-refractivity contribution in [2.75, 3.05) is 19.0 Å². The third-order valence-corrected chi connectivity index (χ3v) is 3.70. The summed E-state index contributed by atoms with van der Waals surface area (Å²) in [5, 5.41) is 7.20. The largest absolute Gasteiger partial charge is 0.344 e. The first-order chi connectivity index (χ1) is 11.7. The molecule has 0 amide bonds. The van der Waals surface area contributed by atoms with Crippen molar-refractivity contribution < 1.29 is 4.52 Å². The summed E-state index contributed by atoms with van der Waals surface area (Å²) in [5.74, 6) is 1.07. The smallest absolute Gasteiger partial charge is 0.265 e. The second-order valence-corrected chi connectivity index (χ2v) is 5.72. The molecule has 0 radical (unpaired) electrons. The van der Waals surface area contributed by atoms with Crippen LogP contribution >= 0.6 is 0 Å². The van der Waals surface area contributed by atoms with E-state index in [-0.39, 0.29) is 0 Å². The highest BCUT2D eigenvalue weighted by molar-refractivity contribution is 5.35. The number of aromatic nitrogens is 2. The molecule has 6 heteroatoms. The molecule has 1 atom stereocenters. The zero-order valence-corrected chi connectivity index (χ0v) is 13.6. The normalized spacial score (nSPS) is 11.9. The van der Waals surface area contributed by atoms with Gasteiger partial charge in [-0.05, 0) is 21.8 Å². The molecule has 3 aromatic rings. The Morgan fingerprint density at radius 3 is 2.50 bits per heavy atom. The van der Waals surface area contributed by atoms with Crippen molar-refractivity contribution in [3.05, 3.63) is 82.1 Å². The highest BCUT2D eigenvalue weighted by Crippen LogP contribution is 2.26. The zero-order chi connectivity index (χ0) is 16.9. The molecule has 0 N–H and O–H groups in total. The maximum absolute atomic E-state index is 11.4.